The Balaban J connectivity index is 1.73. The Morgan fingerprint density at radius 1 is 1.03 bits per heavy atom. The summed E-state index contributed by atoms with van der Waals surface area (Å²) in [5.41, 5.74) is 0.623. The van der Waals surface area contributed by atoms with Crippen molar-refractivity contribution < 1.29 is 21.6 Å². The highest BCUT2D eigenvalue weighted by molar-refractivity contribution is 7.90. The van der Waals surface area contributed by atoms with Gasteiger partial charge in [-0.2, -0.15) is 4.31 Å². The molecule has 2 aromatic rings. The Labute approximate surface area is 183 Å². The number of benzene rings is 1. The summed E-state index contributed by atoms with van der Waals surface area (Å²) in [6.07, 6.45) is 4.83. The number of nitrogens with zero attached hydrogens (tertiary/aromatic N) is 3. The molecule has 0 spiro atoms. The number of sulfonamides is 1. The molecule has 1 saturated heterocycles. The van der Waals surface area contributed by atoms with Gasteiger partial charge in [-0.3, -0.25) is 9.78 Å². The molecule has 0 atom stereocenters. The van der Waals surface area contributed by atoms with E-state index >= 15 is 0 Å². The van der Waals surface area contributed by atoms with Crippen molar-refractivity contribution >= 4 is 31.5 Å². The van der Waals surface area contributed by atoms with Gasteiger partial charge in [-0.05, 0) is 63.1 Å². The lowest BCUT2D eigenvalue weighted by Crippen LogP contribution is -2.46. The Kier molecular flexibility index (Phi) is 6.82. The van der Waals surface area contributed by atoms with Gasteiger partial charge in [0.15, 0.2) is 9.84 Å². The number of anilines is 1. The SMILES string of the molecule is CC(C)N(C(=O)C1CCN(S(=O)(=O)c2cccnc2)CC1)c1ccc(S(C)(=O)=O)cc1. The maximum absolute atomic E-state index is 13.3. The van der Waals surface area contributed by atoms with Crippen molar-refractivity contribution in [2.45, 2.75) is 42.5 Å². The summed E-state index contributed by atoms with van der Waals surface area (Å²) in [7, 11) is -6.95. The van der Waals surface area contributed by atoms with Crippen LogP contribution in [0.15, 0.2) is 58.6 Å². The lowest BCUT2D eigenvalue weighted by Gasteiger charge is -2.35. The van der Waals surface area contributed by atoms with Gasteiger partial charge in [0.2, 0.25) is 15.9 Å². The van der Waals surface area contributed by atoms with Crippen molar-refractivity contribution in [3.05, 3.63) is 48.8 Å². The van der Waals surface area contributed by atoms with Gasteiger partial charge in [0.25, 0.3) is 0 Å². The number of amides is 1. The summed E-state index contributed by atoms with van der Waals surface area (Å²) >= 11 is 0. The quantitative estimate of drug-likeness (QED) is 0.648. The number of sulfone groups is 1. The van der Waals surface area contributed by atoms with Crippen molar-refractivity contribution in [1.29, 1.82) is 0 Å². The standard InChI is InChI=1S/C21H27N3O5S2/c1-16(2)24(18-6-8-19(9-7-18)30(3,26)27)21(25)17-10-13-23(14-11-17)31(28,29)20-5-4-12-22-15-20/h4-9,12,15-17H,10-11,13-14H2,1-3H3. The number of piperidine rings is 1. The van der Waals surface area contributed by atoms with E-state index in [0.717, 1.165) is 6.26 Å². The molecule has 1 aliphatic rings. The zero-order valence-corrected chi connectivity index (χ0v) is 19.4. The summed E-state index contributed by atoms with van der Waals surface area (Å²) in [4.78, 5) is 19.2. The van der Waals surface area contributed by atoms with E-state index in [4.69, 9.17) is 0 Å². The van der Waals surface area contributed by atoms with Gasteiger partial charge in [-0.25, -0.2) is 16.8 Å². The second-order valence-electron chi connectivity index (χ2n) is 7.94. The minimum absolute atomic E-state index is 0.0828. The fourth-order valence-corrected chi connectivity index (χ4v) is 5.79. The molecule has 8 nitrogen and oxygen atoms in total. The first-order chi connectivity index (χ1) is 14.5. The molecule has 0 aliphatic carbocycles. The molecule has 31 heavy (non-hydrogen) atoms. The van der Waals surface area contributed by atoms with Crippen LogP contribution in [-0.2, 0) is 24.7 Å². The van der Waals surface area contributed by atoms with Crippen LogP contribution < -0.4 is 4.90 Å². The van der Waals surface area contributed by atoms with Gasteiger partial charge in [-0.1, -0.05) is 0 Å². The van der Waals surface area contributed by atoms with Crippen molar-refractivity contribution in [1.82, 2.24) is 9.29 Å². The first kappa shape index (κ1) is 23.4. The first-order valence-corrected chi connectivity index (χ1v) is 13.4. The Bertz CT molecular complexity index is 1120. The molecular weight excluding hydrogens is 438 g/mol. The van der Waals surface area contributed by atoms with Gasteiger partial charge in [-0.15, -0.1) is 0 Å². The third kappa shape index (κ3) is 5.13. The van der Waals surface area contributed by atoms with E-state index < -0.39 is 19.9 Å². The lowest BCUT2D eigenvalue weighted by molar-refractivity contribution is -0.123. The topological polar surface area (TPSA) is 105 Å². The average Bonchev–Trinajstić information content (AvgIpc) is 2.74. The smallest absolute Gasteiger partial charge is 0.244 e. The molecule has 2 heterocycles. The second-order valence-corrected chi connectivity index (χ2v) is 11.9. The fourth-order valence-electron chi connectivity index (χ4n) is 3.72. The summed E-state index contributed by atoms with van der Waals surface area (Å²) in [6, 6.07) is 9.23. The summed E-state index contributed by atoms with van der Waals surface area (Å²) in [5.74, 6) is -0.391. The van der Waals surface area contributed by atoms with Crippen LogP contribution in [0.3, 0.4) is 0 Å². The number of carbonyl (C=O) groups excluding carboxylic acids is 1. The van der Waals surface area contributed by atoms with Crippen LogP contribution in [0.4, 0.5) is 5.69 Å². The highest BCUT2D eigenvalue weighted by Gasteiger charge is 2.35. The molecular formula is C21H27N3O5S2. The largest absolute Gasteiger partial charge is 0.310 e. The van der Waals surface area contributed by atoms with E-state index in [2.05, 4.69) is 4.98 Å². The van der Waals surface area contributed by atoms with Crippen molar-refractivity contribution in [3.63, 3.8) is 0 Å². The normalized spacial score (nSPS) is 16.4. The molecule has 1 fully saturated rings. The van der Waals surface area contributed by atoms with Crippen molar-refractivity contribution in [2.75, 3.05) is 24.2 Å². The highest BCUT2D eigenvalue weighted by atomic mass is 32.2. The predicted molar refractivity (Wildman–Crippen MR) is 118 cm³/mol. The Morgan fingerprint density at radius 3 is 2.13 bits per heavy atom. The molecule has 10 heteroatoms. The van der Waals surface area contributed by atoms with Crippen LogP contribution in [0, 0.1) is 5.92 Å². The fraction of sp³-hybridized carbons (Fsp3) is 0.429. The maximum Gasteiger partial charge on any atom is 0.244 e. The number of hydrogen-bond acceptors (Lipinski definition) is 6. The average molecular weight is 466 g/mol. The monoisotopic (exact) mass is 465 g/mol. The molecule has 0 bridgehead atoms. The number of rotatable bonds is 6. The van der Waals surface area contributed by atoms with Crippen LogP contribution in [0.2, 0.25) is 0 Å². The van der Waals surface area contributed by atoms with Gasteiger partial charge >= 0.3 is 0 Å². The van der Waals surface area contributed by atoms with Crippen LogP contribution in [0.25, 0.3) is 0 Å². The van der Waals surface area contributed by atoms with E-state index in [1.807, 2.05) is 13.8 Å². The first-order valence-electron chi connectivity index (χ1n) is 10.0. The molecule has 3 rings (SSSR count). The molecule has 1 amide bonds. The Morgan fingerprint density at radius 2 is 1.65 bits per heavy atom. The number of hydrogen-bond donors (Lipinski definition) is 0. The summed E-state index contributed by atoms with van der Waals surface area (Å²) in [5, 5.41) is 0. The van der Waals surface area contributed by atoms with Crippen LogP contribution >= 0.6 is 0 Å². The van der Waals surface area contributed by atoms with Crippen molar-refractivity contribution in [3.8, 4) is 0 Å². The third-order valence-corrected chi connectivity index (χ3v) is 8.38. The van der Waals surface area contributed by atoms with Gasteiger partial charge in [0.1, 0.15) is 4.90 Å². The lowest BCUT2D eigenvalue weighted by atomic mass is 9.95. The van der Waals surface area contributed by atoms with Crippen LogP contribution in [0.1, 0.15) is 26.7 Å². The van der Waals surface area contributed by atoms with Gasteiger partial charge in [0, 0.05) is 49.4 Å². The van der Waals surface area contributed by atoms with Crippen molar-refractivity contribution in [2.24, 2.45) is 5.92 Å². The van der Waals surface area contributed by atoms with E-state index in [-0.39, 0.29) is 40.7 Å². The molecule has 0 saturated carbocycles. The summed E-state index contributed by atoms with van der Waals surface area (Å²) in [6.45, 7) is 4.30. The zero-order valence-electron chi connectivity index (χ0n) is 17.8. The minimum atomic E-state index is -3.63. The molecule has 1 aromatic heterocycles. The molecule has 1 aromatic carbocycles. The van der Waals surface area contributed by atoms with Crippen LogP contribution in [-0.4, -0.2) is 57.4 Å². The highest BCUT2D eigenvalue weighted by Crippen LogP contribution is 2.28. The summed E-state index contributed by atoms with van der Waals surface area (Å²) < 4.78 is 50.4. The number of aromatic nitrogens is 1. The molecule has 0 N–H and O–H groups in total. The maximum atomic E-state index is 13.3. The minimum Gasteiger partial charge on any atom is -0.310 e. The third-order valence-electron chi connectivity index (χ3n) is 5.37. The molecule has 0 unspecified atom stereocenters. The Hall–Kier alpha value is -2.30. The second kappa shape index (κ2) is 9.05. The molecule has 1 aliphatic heterocycles. The van der Waals surface area contributed by atoms with Crippen LogP contribution in [0.5, 0.6) is 0 Å². The van der Waals surface area contributed by atoms with E-state index in [9.17, 15) is 21.6 Å². The van der Waals surface area contributed by atoms with Gasteiger partial charge < -0.3 is 4.90 Å². The number of carbonyl (C=O) groups is 1. The molecule has 0 radical (unpaired) electrons. The predicted octanol–water partition coefficient (Wildman–Crippen LogP) is 2.33. The van der Waals surface area contributed by atoms with Gasteiger partial charge in [0.05, 0.1) is 4.90 Å². The van der Waals surface area contributed by atoms with E-state index in [1.54, 1.807) is 23.1 Å². The number of pyridine rings is 1. The zero-order chi connectivity index (χ0) is 22.8. The van der Waals surface area contributed by atoms with E-state index in [0.29, 0.717) is 18.5 Å². The van der Waals surface area contributed by atoms with E-state index in [1.165, 1.54) is 34.9 Å². The molecule has 168 valence electrons.